The van der Waals surface area contributed by atoms with Crippen molar-refractivity contribution in [1.82, 2.24) is 15.5 Å². The first-order chi connectivity index (χ1) is 11.6. The maximum Gasteiger partial charge on any atom is 0.230 e. The second-order valence-electron chi connectivity index (χ2n) is 6.41. The summed E-state index contributed by atoms with van der Waals surface area (Å²) in [5.41, 5.74) is 0. The van der Waals surface area contributed by atoms with Crippen molar-refractivity contribution >= 4 is 29.5 Å². The van der Waals surface area contributed by atoms with Crippen LogP contribution in [-0.2, 0) is 14.4 Å². The van der Waals surface area contributed by atoms with E-state index in [1.807, 2.05) is 0 Å². The average Bonchev–Trinajstić information content (AvgIpc) is 2.86. The molecule has 0 aromatic rings. The van der Waals surface area contributed by atoms with Gasteiger partial charge in [-0.1, -0.05) is 6.42 Å². The van der Waals surface area contributed by atoms with E-state index in [2.05, 4.69) is 10.6 Å². The number of likely N-dealkylation sites (tertiary alicyclic amines) is 1. The summed E-state index contributed by atoms with van der Waals surface area (Å²) in [6, 6.07) is -0.122. The highest BCUT2D eigenvalue weighted by Gasteiger charge is 2.29. The Morgan fingerprint density at radius 2 is 1.88 bits per heavy atom. The van der Waals surface area contributed by atoms with Gasteiger partial charge in [0.25, 0.3) is 0 Å². The smallest absolute Gasteiger partial charge is 0.230 e. The summed E-state index contributed by atoms with van der Waals surface area (Å²) >= 11 is 1.29. The van der Waals surface area contributed by atoms with Crippen LogP contribution in [0.25, 0.3) is 0 Å². The summed E-state index contributed by atoms with van der Waals surface area (Å²) in [5.74, 6) is 1.03. The van der Waals surface area contributed by atoms with Gasteiger partial charge in [0.05, 0.1) is 24.2 Å². The van der Waals surface area contributed by atoms with Crippen LogP contribution in [0.1, 0.15) is 32.1 Å². The molecule has 136 valence electrons. The zero-order valence-electron chi connectivity index (χ0n) is 14.0. The number of hydrogen-bond donors (Lipinski definition) is 3. The van der Waals surface area contributed by atoms with Gasteiger partial charge in [-0.3, -0.25) is 14.4 Å². The van der Waals surface area contributed by atoms with Crippen molar-refractivity contribution in [1.29, 1.82) is 0 Å². The Kier molecular flexibility index (Phi) is 7.84. The van der Waals surface area contributed by atoms with Crippen molar-refractivity contribution < 1.29 is 19.5 Å². The van der Waals surface area contributed by atoms with Crippen LogP contribution < -0.4 is 10.6 Å². The molecule has 1 saturated carbocycles. The topological polar surface area (TPSA) is 98.7 Å². The molecule has 0 radical (unpaired) electrons. The van der Waals surface area contributed by atoms with Gasteiger partial charge >= 0.3 is 0 Å². The maximum atomic E-state index is 11.7. The van der Waals surface area contributed by atoms with Crippen molar-refractivity contribution in [3.8, 4) is 0 Å². The largest absolute Gasteiger partial charge is 0.394 e. The summed E-state index contributed by atoms with van der Waals surface area (Å²) in [7, 11) is 0. The second kappa shape index (κ2) is 9.88. The van der Waals surface area contributed by atoms with Gasteiger partial charge in [0.2, 0.25) is 17.7 Å². The fourth-order valence-electron chi connectivity index (χ4n) is 2.90. The lowest BCUT2D eigenvalue weighted by Crippen LogP contribution is -2.41. The van der Waals surface area contributed by atoms with Crippen LogP contribution in [0.15, 0.2) is 0 Å². The Hall–Kier alpha value is -1.28. The molecule has 0 aromatic heterocycles. The molecule has 1 saturated heterocycles. The van der Waals surface area contributed by atoms with Crippen molar-refractivity contribution in [3.05, 3.63) is 0 Å². The molecule has 2 rings (SSSR count). The number of thioether (sulfide) groups is 1. The zero-order valence-corrected chi connectivity index (χ0v) is 14.8. The van der Waals surface area contributed by atoms with E-state index in [0.29, 0.717) is 31.8 Å². The van der Waals surface area contributed by atoms with Gasteiger partial charge in [0.15, 0.2) is 0 Å². The minimum absolute atomic E-state index is 0.0202. The first kappa shape index (κ1) is 19.1. The fraction of sp³-hybridized carbons (Fsp3) is 0.812. The Bertz CT molecular complexity index is 457. The highest BCUT2D eigenvalue weighted by Crippen LogP contribution is 2.25. The highest BCUT2D eigenvalue weighted by molar-refractivity contribution is 8.00. The molecule has 1 aliphatic carbocycles. The standard InChI is InChI=1S/C16H27N3O4S/c20-9-13-4-5-16(23)19(13)7-6-17-14(21)10-24-11-15(22)18-8-12-2-1-3-12/h12-13,20H,1-11H2,(H,17,21)(H,18,22)/t13-/m0/s1. The van der Waals surface area contributed by atoms with Crippen LogP contribution in [0.3, 0.4) is 0 Å². The molecule has 0 aromatic carbocycles. The lowest BCUT2D eigenvalue weighted by atomic mass is 9.85. The maximum absolute atomic E-state index is 11.7. The number of rotatable bonds is 10. The van der Waals surface area contributed by atoms with Crippen molar-refractivity contribution in [3.63, 3.8) is 0 Å². The van der Waals surface area contributed by atoms with Gasteiger partial charge in [0.1, 0.15) is 0 Å². The van der Waals surface area contributed by atoms with E-state index >= 15 is 0 Å². The number of hydrogen-bond acceptors (Lipinski definition) is 5. The molecule has 1 aliphatic heterocycles. The first-order valence-electron chi connectivity index (χ1n) is 8.61. The SMILES string of the molecule is O=C(CSCC(=O)NCC1CCC1)NCCN1C(=O)CC[C@H]1CO. The molecule has 1 atom stereocenters. The molecular formula is C16H27N3O4S. The lowest BCUT2D eigenvalue weighted by Gasteiger charge is -2.25. The molecule has 0 spiro atoms. The Morgan fingerprint density at radius 1 is 1.17 bits per heavy atom. The highest BCUT2D eigenvalue weighted by atomic mass is 32.2. The van der Waals surface area contributed by atoms with Crippen molar-refractivity contribution in [2.24, 2.45) is 5.92 Å². The summed E-state index contributed by atoms with van der Waals surface area (Å²) in [5, 5.41) is 14.9. The van der Waals surface area contributed by atoms with Crippen LogP contribution in [0.5, 0.6) is 0 Å². The van der Waals surface area contributed by atoms with Crippen LogP contribution in [0.2, 0.25) is 0 Å². The third-order valence-electron chi connectivity index (χ3n) is 4.62. The molecule has 1 heterocycles. The van der Waals surface area contributed by atoms with E-state index in [0.717, 1.165) is 6.54 Å². The molecule has 24 heavy (non-hydrogen) atoms. The van der Waals surface area contributed by atoms with E-state index < -0.39 is 0 Å². The van der Waals surface area contributed by atoms with Gasteiger partial charge in [-0.25, -0.2) is 0 Å². The van der Waals surface area contributed by atoms with E-state index in [4.69, 9.17) is 0 Å². The normalized spacial score (nSPS) is 20.8. The third kappa shape index (κ3) is 5.98. The molecule has 3 amide bonds. The van der Waals surface area contributed by atoms with E-state index in [-0.39, 0.29) is 41.9 Å². The summed E-state index contributed by atoms with van der Waals surface area (Å²) in [4.78, 5) is 36.6. The van der Waals surface area contributed by atoms with E-state index in [1.54, 1.807) is 4.90 Å². The summed E-state index contributed by atoms with van der Waals surface area (Å²) in [6.45, 7) is 1.50. The van der Waals surface area contributed by atoms with Crippen LogP contribution in [-0.4, -0.2) is 71.5 Å². The molecular weight excluding hydrogens is 330 g/mol. The van der Waals surface area contributed by atoms with Gasteiger partial charge in [0, 0.05) is 26.1 Å². The Morgan fingerprint density at radius 3 is 2.50 bits per heavy atom. The van der Waals surface area contributed by atoms with E-state index in [1.165, 1.54) is 31.0 Å². The quantitative estimate of drug-likeness (QED) is 0.500. The molecule has 0 unspecified atom stereocenters. The number of carbonyl (C=O) groups excluding carboxylic acids is 3. The number of nitrogens with one attached hydrogen (secondary N) is 2. The van der Waals surface area contributed by atoms with Gasteiger partial charge in [-0.15, -0.1) is 11.8 Å². The second-order valence-corrected chi connectivity index (χ2v) is 7.39. The van der Waals surface area contributed by atoms with Crippen LogP contribution in [0, 0.1) is 5.92 Å². The monoisotopic (exact) mass is 357 g/mol. The van der Waals surface area contributed by atoms with E-state index in [9.17, 15) is 19.5 Å². The minimum atomic E-state index is -0.140. The molecule has 7 nitrogen and oxygen atoms in total. The predicted molar refractivity (Wildman–Crippen MR) is 92.5 cm³/mol. The number of aliphatic hydroxyl groups excluding tert-OH is 1. The number of amides is 3. The molecule has 8 heteroatoms. The molecule has 0 bridgehead atoms. The first-order valence-corrected chi connectivity index (χ1v) is 9.77. The number of carbonyl (C=O) groups is 3. The number of aliphatic hydroxyl groups is 1. The predicted octanol–water partition coefficient (Wildman–Crippen LogP) is -0.265. The minimum Gasteiger partial charge on any atom is -0.394 e. The van der Waals surface area contributed by atoms with Gasteiger partial charge < -0.3 is 20.6 Å². The van der Waals surface area contributed by atoms with Crippen LogP contribution >= 0.6 is 11.8 Å². The lowest BCUT2D eigenvalue weighted by molar-refractivity contribution is -0.130. The molecule has 3 N–H and O–H groups in total. The third-order valence-corrected chi connectivity index (χ3v) is 5.55. The number of nitrogens with zero attached hydrogens (tertiary/aromatic N) is 1. The molecule has 2 aliphatic rings. The van der Waals surface area contributed by atoms with Gasteiger partial charge in [-0.05, 0) is 25.2 Å². The van der Waals surface area contributed by atoms with Crippen molar-refractivity contribution in [2.45, 2.75) is 38.1 Å². The average molecular weight is 357 g/mol. The Labute approximate surface area is 146 Å². The fourth-order valence-corrected chi connectivity index (χ4v) is 3.58. The zero-order chi connectivity index (χ0) is 17.4. The van der Waals surface area contributed by atoms with Crippen molar-refractivity contribution in [2.75, 3.05) is 37.7 Å². The Balaban J connectivity index is 1.50. The van der Waals surface area contributed by atoms with Crippen LogP contribution in [0.4, 0.5) is 0 Å². The summed E-state index contributed by atoms with van der Waals surface area (Å²) < 4.78 is 0. The summed E-state index contributed by atoms with van der Waals surface area (Å²) in [6.07, 6.45) is 4.80. The van der Waals surface area contributed by atoms with Gasteiger partial charge in [-0.2, -0.15) is 0 Å². The molecule has 2 fully saturated rings.